The first-order valence-electron chi connectivity index (χ1n) is 6.97. The minimum absolute atomic E-state index is 0.220. The van der Waals surface area contributed by atoms with Gasteiger partial charge in [-0.1, -0.05) is 54.6 Å². The van der Waals surface area contributed by atoms with E-state index in [1.165, 1.54) is 0 Å². The van der Waals surface area contributed by atoms with Crippen LogP contribution in [0.25, 0.3) is 11.1 Å². The Bertz CT molecular complexity index is 641. The molecule has 2 aromatic carbocycles. The fraction of sp³-hybridized carbons (Fsp3) is 0.235. The van der Waals surface area contributed by atoms with E-state index in [1.807, 2.05) is 54.6 Å². The van der Waals surface area contributed by atoms with Crippen LogP contribution in [-0.4, -0.2) is 34.9 Å². The number of aliphatic hydroxyl groups excluding tert-OH is 1. The van der Waals surface area contributed by atoms with Crippen molar-refractivity contribution in [2.24, 2.45) is 0 Å². The number of hydrogen-bond donors (Lipinski definition) is 3. The second-order valence-corrected chi connectivity index (χ2v) is 5.27. The first kappa shape index (κ1) is 13.8. The molecule has 1 saturated heterocycles. The van der Waals surface area contributed by atoms with Gasteiger partial charge in [-0.25, -0.2) is 0 Å². The third-order valence-corrected chi connectivity index (χ3v) is 4.02. The summed E-state index contributed by atoms with van der Waals surface area (Å²) in [4.78, 5) is 11.1. The van der Waals surface area contributed by atoms with E-state index in [2.05, 4.69) is 5.32 Å². The summed E-state index contributed by atoms with van der Waals surface area (Å²) in [7, 11) is 0. The number of hydrogen-bond acceptors (Lipinski definition) is 3. The summed E-state index contributed by atoms with van der Waals surface area (Å²) >= 11 is 0. The van der Waals surface area contributed by atoms with Crippen molar-refractivity contribution in [1.29, 1.82) is 0 Å². The van der Waals surface area contributed by atoms with Crippen LogP contribution in [0.15, 0.2) is 54.6 Å². The highest BCUT2D eigenvalue weighted by atomic mass is 16.4. The van der Waals surface area contributed by atoms with Crippen molar-refractivity contribution in [2.45, 2.75) is 18.1 Å². The van der Waals surface area contributed by atoms with Crippen LogP contribution in [0, 0.1) is 0 Å². The lowest BCUT2D eigenvalue weighted by molar-refractivity contribution is -0.141. The van der Waals surface area contributed by atoms with Crippen molar-refractivity contribution in [2.75, 3.05) is 6.54 Å². The molecular formula is C17H17NO3. The third kappa shape index (κ3) is 2.55. The topological polar surface area (TPSA) is 69.6 Å². The minimum Gasteiger partial charge on any atom is -0.480 e. The van der Waals surface area contributed by atoms with Crippen molar-refractivity contribution < 1.29 is 15.0 Å². The van der Waals surface area contributed by atoms with Crippen molar-refractivity contribution in [3.05, 3.63) is 60.2 Å². The lowest BCUT2D eigenvalue weighted by Gasteiger charge is -2.19. The van der Waals surface area contributed by atoms with Crippen molar-refractivity contribution in [3.8, 4) is 11.1 Å². The smallest absolute Gasteiger partial charge is 0.323 e. The zero-order chi connectivity index (χ0) is 14.8. The van der Waals surface area contributed by atoms with Gasteiger partial charge in [0.2, 0.25) is 0 Å². The van der Waals surface area contributed by atoms with Crippen molar-refractivity contribution in [3.63, 3.8) is 0 Å². The summed E-state index contributed by atoms with van der Waals surface area (Å²) in [6, 6.07) is 16.9. The largest absolute Gasteiger partial charge is 0.480 e. The van der Waals surface area contributed by atoms with Crippen LogP contribution in [0.2, 0.25) is 0 Å². The fourth-order valence-corrected chi connectivity index (χ4v) is 2.96. The Morgan fingerprint density at radius 2 is 1.71 bits per heavy atom. The summed E-state index contributed by atoms with van der Waals surface area (Å²) in [5, 5.41) is 22.3. The first-order valence-corrected chi connectivity index (χ1v) is 6.97. The molecule has 0 amide bonds. The van der Waals surface area contributed by atoms with Crippen LogP contribution in [0.1, 0.15) is 11.5 Å². The maximum Gasteiger partial charge on any atom is 0.323 e. The molecule has 2 aromatic rings. The lowest BCUT2D eigenvalue weighted by Crippen LogP contribution is -2.38. The molecule has 3 N–H and O–H groups in total. The van der Waals surface area contributed by atoms with E-state index in [0.29, 0.717) is 6.54 Å². The molecule has 1 fully saturated rings. The van der Waals surface area contributed by atoms with E-state index >= 15 is 0 Å². The van der Waals surface area contributed by atoms with Crippen LogP contribution in [0.4, 0.5) is 0 Å². The second kappa shape index (κ2) is 5.68. The number of aliphatic carboxylic acids is 1. The fourth-order valence-electron chi connectivity index (χ4n) is 2.96. The van der Waals surface area contributed by atoms with Gasteiger partial charge in [-0.2, -0.15) is 0 Å². The summed E-state index contributed by atoms with van der Waals surface area (Å²) in [5.41, 5.74) is 3.08. The Morgan fingerprint density at radius 3 is 2.38 bits per heavy atom. The van der Waals surface area contributed by atoms with Gasteiger partial charge in [0, 0.05) is 12.5 Å². The predicted octanol–water partition coefficient (Wildman–Crippen LogP) is 1.85. The molecule has 0 spiro atoms. The van der Waals surface area contributed by atoms with Crippen molar-refractivity contribution in [1.82, 2.24) is 5.32 Å². The van der Waals surface area contributed by atoms with Gasteiger partial charge in [0.15, 0.2) is 0 Å². The summed E-state index contributed by atoms with van der Waals surface area (Å²) in [6.45, 7) is 0.460. The zero-order valence-electron chi connectivity index (χ0n) is 11.4. The predicted molar refractivity (Wildman–Crippen MR) is 80.1 cm³/mol. The number of rotatable bonds is 3. The van der Waals surface area contributed by atoms with Crippen LogP contribution in [0.3, 0.4) is 0 Å². The number of carbonyl (C=O) groups is 1. The Hall–Kier alpha value is -2.17. The van der Waals surface area contributed by atoms with E-state index in [0.717, 1.165) is 16.7 Å². The molecule has 0 radical (unpaired) electrons. The van der Waals surface area contributed by atoms with Gasteiger partial charge in [0.1, 0.15) is 6.04 Å². The van der Waals surface area contributed by atoms with Crippen LogP contribution in [0.5, 0.6) is 0 Å². The van der Waals surface area contributed by atoms with Gasteiger partial charge in [-0.05, 0) is 16.7 Å². The summed E-state index contributed by atoms with van der Waals surface area (Å²) in [5.74, 6) is -1.23. The average molecular weight is 283 g/mol. The van der Waals surface area contributed by atoms with Crippen LogP contribution < -0.4 is 5.32 Å². The third-order valence-electron chi connectivity index (χ3n) is 4.02. The Kier molecular flexibility index (Phi) is 3.73. The van der Waals surface area contributed by atoms with E-state index < -0.39 is 18.1 Å². The highest BCUT2D eigenvalue weighted by Gasteiger charge is 2.40. The van der Waals surface area contributed by atoms with Gasteiger partial charge in [-0.3, -0.25) is 4.79 Å². The summed E-state index contributed by atoms with van der Waals surface area (Å²) in [6.07, 6.45) is -0.924. The normalized spacial score (nSPS) is 24.9. The van der Waals surface area contributed by atoms with Crippen LogP contribution in [-0.2, 0) is 4.79 Å². The maximum absolute atomic E-state index is 11.1. The molecule has 0 bridgehead atoms. The average Bonchev–Trinajstić information content (AvgIpc) is 2.90. The highest BCUT2D eigenvalue weighted by Crippen LogP contribution is 2.34. The van der Waals surface area contributed by atoms with E-state index in [1.54, 1.807) is 0 Å². The first-order chi connectivity index (χ1) is 10.2. The minimum atomic E-state index is -1.01. The quantitative estimate of drug-likeness (QED) is 0.804. The number of nitrogens with one attached hydrogen (secondary N) is 1. The molecule has 0 saturated carbocycles. The van der Waals surface area contributed by atoms with Crippen molar-refractivity contribution >= 4 is 5.97 Å². The molecule has 1 heterocycles. The standard InChI is InChI=1S/C17H17NO3/c19-16-14(10-18-15(16)17(20)21)13-9-5-4-8-12(13)11-6-2-1-3-7-11/h1-9,14-16,18-19H,10H2,(H,20,21)/t14-,15-,16+/m1/s1. The van der Waals surface area contributed by atoms with E-state index in [4.69, 9.17) is 5.11 Å². The molecule has 3 rings (SSSR count). The van der Waals surface area contributed by atoms with Gasteiger partial charge in [-0.15, -0.1) is 0 Å². The second-order valence-electron chi connectivity index (χ2n) is 5.27. The SMILES string of the molecule is O=C(O)[C@@H]1NC[C@H](c2ccccc2-c2ccccc2)[C@@H]1O. The molecule has 21 heavy (non-hydrogen) atoms. The van der Waals surface area contributed by atoms with Gasteiger partial charge in [0.25, 0.3) is 0 Å². The zero-order valence-corrected chi connectivity index (χ0v) is 11.4. The molecule has 0 aromatic heterocycles. The molecule has 1 aliphatic rings. The molecule has 4 nitrogen and oxygen atoms in total. The molecular weight excluding hydrogens is 266 g/mol. The number of carboxylic acids is 1. The Balaban J connectivity index is 1.99. The van der Waals surface area contributed by atoms with E-state index in [9.17, 15) is 9.90 Å². The monoisotopic (exact) mass is 283 g/mol. The number of aliphatic hydroxyl groups is 1. The maximum atomic E-state index is 11.1. The summed E-state index contributed by atoms with van der Waals surface area (Å²) < 4.78 is 0. The van der Waals surface area contributed by atoms with E-state index in [-0.39, 0.29) is 5.92 Å². The highest BCUT2D eigenvalue weighted by molar-refractivity contribution is 5.76. The molecule has 0 unspecified atom stereocenters. The molecule has 108 valence electrons. The lowest BCUT2D eigenvalue weighted by atomic mass is 9.87. The Morgan fingerprint density at radius 1 is 1.05 bits per heavy atom. The number of carboxylic acid groups (broad SMARTS) is 1. The van der Waals surface area contributed by atoms with Gasteiger partial charge in [0.05, 0.1) is 6.10 Å². The molecule has 1 aliphatic heterocycles. The van der Waals surface area contributed by atoms with Gasteiger partial charge >= 0.3 is 5.97 Å². The molecule has 4 heteroatoms. The Labute approximate surface area is 123 Å². The van der Waals surface area contributed by atoms with Crippen LogP contribution >= 0.6 is 0 Å². The molecule has 0 aliphatic carbocycles. The molecule has 3 atom stereocenters. The number of benzene rings is 2. The van der Waals surface area contributed by atoms with Gasteiger partial charge < -0.3 is 15.5 Å².